The van der Waals surface area contributed by atoms with E-state index in [4.69, 9.17) is 0 Å². The van der Waals surface area contributed by atoms with Crippen molar-refractivity contribution in [1.82, 2.24) is 0 Å². The standard InChI is InChI=1S/C15H12O5S/c16-8-4-11(18)9-6-13(20)15(21-14(9)5-8)7-1-2-10(17)12(19)3-7/h1-5,16-20H,6H2. The molecule has 2 aromatic rings. The maximum Gasteiger partial charge on any atom is 0.158 e. The lowest BCUT2D eigenvalue weighted by molar-refractivity contribution is 0.393. The molecule has 0 radical (unpaired) electrons. The Morgan fingerprint density at radius 1 is 0.810 bits per heavy atom. The Kier molecular flexibility index (Phi) is 3.10. The molecule has 108 valence electrons. The molecule has 5 N–H and O–H groups in total. The van der Waals surface area contributed by atoms with E-state index in [0.717, 1.165) is 0 Å². The van der Waals surface area contributed by atoms with Crippen LogP contribution in [0.25, 0.3) is 4.91 Å². The summed E-state index contributed by atoms with van der Waals surface area (Å²) in [7, 11) is 0. The van der Waals surface area contributed by atoms with Crippen LogP contribution < -0.4 is 0 Å². The van der Waals surface area contributed by atoms with Gasteiger partial charge in [-0.2, -0.15) is 0 Å². The van der Waals surface area contributed by atoms with Crippen LogP contribution >= 0.6 is 11.8 Å². The predicted octanol–water partition coefficient (Wildman–Crippen LogP) is 3.08. The van der Waals surface area contributed by atoms with Crippen molar-refractivity contribution < 1.29 is 25.5 Å². The van der Waals surface area contributed by atoms with Gasteiger partial charge in [-0.05, 0) is 29.8 Å². The van der Waals surface area contributed by atoms with Crippen molar-refractivity contribution in [3.63, 3.8) is 0 Å². The summed E-state index contributed by atoms with van der Waals surface area (Å²) in [6.45, 7) is 0. The van der Waals surface area contributed by atoms with Gasteiger partial charge in [0.1, 0.15) is 17.3 Å². The minimum atomic E-state index is -0.280. The predicted molar refractivity (Wildman–Crippen MR) is 78.7 cm³/mol. The van der Waals surface area contributed by atoms with Crippen molar-refractivity contribution in [3.8, 4) is 23.0 Å². The quantitative estimate of drug-likeness (QED) is 0.519. The summed E-state index contributed by atoms with van der Waals surface area (Å²) in [4.78, 5) is 1.13. The molecule has 0 saturated heterocycles. The highest BCUT2D eigenvalue weighted by Crippen LogP contribution is 2.47. The number of hydrogen-bond acceptors (Lipinski definition) is 6. The normalized spacial score (nSPS) is 14.1. The van der Waals surface area contributed by atoms with Crippen LogP contribution in [0.15, 0.2) is 41.0 Å². The Hall–Kier alpha value is -2.47. The number of aliphatic hydroxyl groups excluding tert-OH is 1. The lowest BCUT2D eigenvalue weighted by Crippen LogP contribution is -2.02. The van der Waals surface area contributed by atoms with Gasteiger partial charge in [0.2, 0.25) is 0 Å². The maximum atomic E-state index is 10.2. The first kappa shape index (κ1) is 13.5. The summed E-state index contributed by atoms with van der Waals surface area (Å²) < 4.78 is 0. The van der Waals surface area contributed by atoms with Gasteiger partial charge in [0, 0.05) is 22.9 Å². The monoisotopic (exact) mass is 304 g/mol. The number of benzene rings is 2. The van der Waals surface area contributed by atoms with E-state index in [2.05, 4.69) is 0 Å². The highest BCUT2D eigenvalue weighted by Gasteiger charge is 2.23. The Morgan fingerprint density at radius 3 is 2.29 bits per heavy atom. The average molecular weight is 304 g/mol. The summed E-state index contributed by atoms with van der Waals surface area (Å²) in [5, 5.41) is 48.4. The van der Waals surface area contributed by atoms with Crippen molar-refractivity contribution in [2.45, 2.75) is 11.3 Å². The Morgan fingerprint density at radius 2 is 1.57 bits per heavy atom. The van der Waals surface area contributed by atoms with Crippen molar-refractivity contribution in [2.24, 2.45) is 0 Å². The zero-order chi connectivity index (χ0) is 15.1. The molecule has 6 heteroatoms. The lowest BCUT2D eigenvalue weighted by atomic mass is 10.1. The first-order valence-corrected chi connectivity index (χ1v) is 6.94. The van der Waals surface area contributed by atoms with Crippen molar-refractivity contribution in [2.75, 3.05) is 0 Å². The van der Waals surface area contributed by atoms with Gasteiger partial charge in [0.25, 0.3) is 0 Å². The third kappa shape index (κ3) is 2.34. The second kappa shape index (κ2) is 4.82. The molecule has 0 spiro atoms. The van der Waals surface area contributed by atoms with Gasteiger partial charge in [-0.3, -0.25) is 0 Å². The molecule has 0 aromatic heterocycles. The van der Waals surface area contributed by atoms with Gasteiger partial charge in [-0.15, -0.1) is 0 Å². The van der Waals surface area contributed by atoms with Gasteiger partial charge in [0.15, 0.2) is 11.5 Å². The number of aliphatic hydroxyl groups is 1. The number of rotatable bonds is 1. The van der Waals surface area contributed by atoms with Crippen LogP contribution in [0.5, 0.6) is 23.0 Å². The fraction of sp³-hybridized carbons (Fsp3) is 0.0667. The second-order valence-corrected chi connectivity index (χ2v) is 5.75. The molecule has 2 aromatic carbocycles. The first-order chi connectivity index (χ1) is 9.95. The molecule has 21 heavy (non-hydrogen) atoms. The smallest absolute Gasteiger partial charge is 0.158 e. The Bertz CT molecular complexity index is 767. The molecule has 5 nitrogen and oxygen atoms in total. The SMILES string of the molecule is OC1=C(c2ccc(O)c(O)c2)Sc2cc(O)cc(O)c2C1. The van der Waals surface area contributed by atoms with Crippen molar-refractivity contribution in [1.29, 1.82) is 0 Å². The fourth-order valence-corrected chi connectivity index (χ4v) is 3.33. The van der Waals surface area contributed by atoms with E-state index in [-0.39, 0.29) is 35.2 Å². The molecule has 0 unspecified atom stereocenters. The minimum Gasteiger partial charge on any atom is -0.511 e. The summed E-state index contributed by atoms with van der Waals surface area (Å²) in [6, 6.07) is 6.99. The van der Waals surface area contributed by atoms with E-state index in [9.17, 15) is 25.5 Å². The third-order valence-electron chi connectivity index (χ3n) is 3.23. The number of allylic oxidation sites excluding steroid dienone is 1. The van der Waals surface area contributed by atoms with E-state index in [1.165, 1.54) is 36.0 Å². The van der Waals surface area contributed by atoms with Gasteiger partial charge >= 0.3 is 0 Å². The van der Waals surface area contributed by atoms with Crippen LogP contribution in [0.4, 0.5) is 0 Å². The molecule has 0 aliphatic carbocycles. The number of fused-ring (bicyclic) bond motifs is 1. The molecule has 0 atom stereocenters. The number of phenols is 4. The van der Waals surface area contributed by atoms with Crippen LogP contribution in [-0.2, 0) is 6.42 Å². The van der Waals surface area contributed by atoms with Crippen molar-refractivity contribution in [3.05, 3.63) is 47.2 Å². The lowest BCUT2D eigenvalue weighted by Gasteiger charge is -2.20. The molecule has 0 saturated carbocycles. The van der Waals surface area contributed by atoms with Gasteiger partial charge in [0.05, 0.1) is 4.91 Å². The molecule has 1 heterocycles. The van der Waals surface area contributed by atoms with Gasteiger partial charge in [-0.1, -0.05) is 11.8 Å². The van der Waals surface area contributed by atoms with Crippen LogP contribution in [0.1, 0.15) is 11.1 Å². The minimum absolute atomic E-state index is 0.0542. The highest BCUT2D eigenvalue weighted by atomic mass is 32.2. The molecule has 1 aliphatic heterocycles. The zero-order valence-electron chi connectivity index (χ0n) is 10.7. The van der Waals surface area contributed by atoms with E-state index in [1.807, 2.05) is 0 Å². The Labute approximate surface area is 124 Å². The molecule has 0 bridgehead atoms. The van der Waals surface area contributed by atoms with E-state index in [0.29, 0.717) is 20.9 Å². The second-order valence-electron chi connectivity index (χ2n) is 4.70. The molecular formula is C15H12O5S. The third-order valence-corrected chi connectivity index (χ3v) is 4.49. The topological polar surface area (TPSA) is 101 Å². The maximum absolute atomic E-state index is 10.2. The van der Waals surface area contributed by atoms with Crippen LogP contribution in [0.3, 0.4) is 0 Å². The molecule has 1 aliphatic rings. The summed E-state index contributed by atoms with van der Waals surface area (Å²) >= 11 is 1.18. The van der Waals surface area contributed by atoms with E-state index < -0.39 is 0 Å². The fourth-order valence-electron chi connectivity index (χ4n) is 2.19. The van der Waals surface area contributed by atoms with Crippen LogP contribution in [0.2, 0.25) is 0 Å². The van der Waals surface area contributed by atoms with Crippen LogP contribution in [0, 0.1) is 0 Å². The molecule has 0 fully saturated rings. The number of aromatic hydroxyl groups is 4. The van der Waals surface area contributed by atoms with E-state index >= 15 is 0 Å². The number of thioether (sulfide) groups is 1. The van der Waals surface area contributed by atoms with Gasteiger partial charge in [-0.25, -0.2) is 0 Å². The summed E-state index contributed by atoms with van der Waals surface area (Å²) in [6.07, 6.45) is 0.130. The number of phenolic OH excluding ortho intramolecular Hbond substituents is 4. The Balaban J connectivity index is 2.07. The average Bonchev–Trinajstić information content (AvgIpc) is 2.42. The van der Waals surface area contributed by atoms with E-state index in [1.54, 1.807) is 6.07 Å². The van der Waals surface area contributed by atoms with Crippen molar-refractivity contribution >= 4 is 16.7 Å². The first-order valence-electron chi connectivity index (χ1n) is 6.13. The molecule has 0 amide bonds. The highest BCUT2D eigenvalue weighted by molar-refractivity contribution is 8.08. The molecular weight excluding hydrogens is 292 g/mol. The number of hydrogen-bond donors (Lipinski definition) is 5. The molecule has 3 rings (SSSR count). The summed E-state index contributed by atoms with van der Waals surface area (Å²) in [5.74, 6) is -0.600. The summed E-state index contributed by atoms with van der Waals surface area (Å²) in [5.41, 5.74) is 1.09. The zero-order valence-corrected chi connectivity index (χ0v) is 11.6. The van der Waals surface area contributed by atoms with Gasteiger partial charge < -0.3 is 25.5 Å². The van der Waals surface area contributed by atoms with Crippen LogP contribution in [-0.4, -0.2) is 25.5 Å². The largest absolute Gasteiger partial charge is 0.511 e.